The van der Waals surface area contributed by atoms with Crippen molar-refractivity contribution in [3.63, 3.8) is 0 Å². The maximum absolute atomic E-state index is 6.51. The lowest BCUT2D eigenvalue weighted by Gasteiger charge is -2.21. The SMILES string of the molecule is c1ccc(-n2c3ccc(-n4c5ccccc5c5ccccc54)cc3c3ccc(-c4c(-c5ccccc5-c5cccc6oc7ccccc7c56)cccc4-c4ccccc4-c4cccc5oc6ccccc6c45)cc32)cc1. The van der Waals surface area contributed by atoms with Gasteiger partial charge in [-0.25, -0.2) is 0 Å². The van der Waals surface area contributed by atoms with Crippen molar-refractivity contribution >= 4 is 87.5 Å². The number of furan rings is 2. The minimum atomic E-state index is 0.873. The maximum atomic E-state index is 6.51. The first-order valence-corrected chi connectivity index (χ1v) is 26.0. The minimum Gasteiger partial charge on any atom is -0.456 e. The van der Waals surface area contributed by atoms with Crippen molar-refractivity contribution < 1.29 is 8.83 Å². The molecule has 0 aliphatic heterocycles. The average Bonchev–Trinajstić information content (AvgIpc) is 4.37. The fraction of sp³-hybridized carbons (Fsp3) is 0. The van der Waals surface area contributed by atoms with Crippen LogP contribution in [0, 0.1) is 0 Å². The van der Waals surface area contributed by atoms with Crippen LogP contribution in [0.3, 0.4) is 0 Å². The third-order valence-electron chi connectivity index (χ3n) is 15.8. The van der Waals surface area contributed by atoms with Gasteiger partial charge in [-0.1, -0.05) is 194 Å². The van der Waals surface area contributed by atoms with E-state index in [0.717, 1.165) is 122 Å². The maximum Gasteiger partial charge on any atom is 0.136 e. The Morgan fingerprint density at radius 2 is 0.632 bits per heavy atom. The molecule has 12 aromatic carbocycles. The molecule has 4 heteroatoms. The Hall–Kier alpha value is -10.2. The van der Waals surface area contributed by atoms with Crippen molar-refractivity contribution in [3.8, 4) is 67.0 Å². The average molecular weight is 969 g/mol. The second-order valence-corrected chi connectivity index (χ2v) is 19.8. The first kappa shape index (κ1) is 42.4. The number of fused-ring (bicyclic) bond motifs is 12. The first-order valence-electron chi connectivity index (χ1n) is 26.0. The minimum absolute atomic E-state index is 0.873. The van der Waals surface area contributed by atoms with Gasteiger partial charge in [0.2, 0.25) is 0 Å². The van der Waals surface area contributed by atoms with Crippen LogP contribution in [0.15, 0.2) is 276 Å². The van der Waals surface area contributed by atoms with E-state index in [-0.39, 0.29) is 0 Å². The molecule has 76 heavy (non-hydrogen) atoms. The molecule has 16 rings (SSSR count). The van der Waals surface area contributed by atoms with E-state index in [4.69, 9.17) is 8.83 Å². The van der Waals surface area contributed by atoms with Crippen LogP contribution in [0.2, 0.25) is 0 Å². The van der Waals surface area contributed by atoms with E-state index in [9.17, 15) is 0 Å². The molecule has 354 valence electrons. The van der Waals surface area contributed by atoms with Crippen molar-refractivity contribution in [3.05, 3.63) is 267 Å². The Labute approximate surface area is 437 Å². The van der Waals surface area contributed by atoms with Gasteiger partial charge in [0, 0.05) is 54.5 Å². The van der Waals surface area contributed by atoms with Crippen molar-refractivity contribution in [1.29, 1.82) is 0 Å². The third kappa shape index (κ3) is 6.31. The fourth-order valence-corrected chi connectivity index (χ4v) is 12.6. The van der Waals surface area contributed by atoms with Gasteiger partial charge in [-0.3, -0.25) is 0 Å². The number of hydrogen-bond donors (Lipinski definition) is 0. The van der Waals surface area contributed by atoms with E-state index < -0.39 is 0 Å². The third-order valence-corrected chi connectivity index (χ3v) is 15.8. The number of rotatable bonds is 7. The van der Waals surface area contributed by atoms with Crippen molar-refractivity contribution in [2.75, 3.05) is 0 Å². The topological polar surface area (TPSA) is 36.1 Å². The molecule has 4 nitrogen and oxygen atoms in total. The van der Waals surface area contributed by atoms with Gasteiger partial charge < -0.3 is 18.0 Å². The fourth-order valence-electron chi connectivity index (χ4n) is 12.6. The lowest BCUT2D eigenvalue weighted by atomic mass is 9.82. The molecule has 4 aromatic heterocycles. The zero-order valence-corrected chi connectivity index (χ0v) is 41.1. The smallest absolute Gasteiger partial charge is 0.136 e. The molecule has 0 saturated heterocycles. The molecule has 0 aliphatic rings. The summed E-state index contributed by atoms with van der Waals surface area (Å²) in [6.45, 7) is 0. The molecule has 0 spiro atoms. The highest BCUT2D eigenvalue weighted by Gasteiger charge is 2.24. The van der Waals surface area contributed by atoms with Crippen LogP contribution < -0.4 is 0 Å². The lowest BCUT2D eigenvalue weighted by molar-refractivity contribution is 0.668. The van der Waals surface area contributed by atoms with Crippen LogP contribution in [0.5, 0.6) is 0 Å². The molecule has 0 bridgehead atoms. The van der Waals surface area contributed by atoms with E-state index in [1.807, 2.05) is 12.1 Å². The normalized spacial score (nSPS) is 11.9. The standard InChI is InChI=1S/C72H44N2O2/c1-2-19-46(20-3-1)73-64-42-40-47(74-62-33-12-8-25-52(62)53-26-9-13-34-63(53)74)44-61(64)54-41-39-45(43-65(54)73)70-55(48-21-4-6-23-50(48)57-31-17-37-68-71(57)59-27-10-14-35-66(59)75-68)29-16-30-56(70)49-22-5-7-24-51(49)58-32-18-38-69-72(58)60-28-11-15-36-67(60)76-69/h1-44H. The summed E-state index contributed by atoms with van der Waals surface area (Å²) in [6, 6.07) is 96.7. The summed E-state index contributed by atoms with van der Waals surface area (Å²) in [5.41, 5.74) is 21.7. The summed E-state index contributed by atoms with van der Waals surface area (Å²) in [7, 11) is 0. The lowest BCUT2D eigenvalue weighted by Crippen LogP contribution is -1.96. The molecule has 0 atom stereocenters. The van der Waals surface area contributed by atoms with Crippen molar-refractivity contribution in [2.45, 2.75) is 0 Å². The molecule has 0 aliphatic carbocycles. The predicted molar refractivity (Wildman–Crippen MR) is 317 cm³/mol. The Balaban J connectivity index is 0.984. The largest absolute Gasteiger partial charge is 0.456 e. The van der Waals surface area contributed by atoms with Gasteiger partial charge in [0.1, 0.15) is 22.3 Å². The van der Waals surface area contributed by atoms with Gasteiger partial charge in [0.25, 0.3) is 0 Å². The zero-order valence-electron chi connectivity index (χ0n) is 41.1. The van der Waals surface area contributed by atoms with E-state index >= 15 is 0 Å². The van der Waals surface area contributed by atoms with Crippen molar-refractivity contribution in [1.82, 2.24) is 9.13 Å². The zero-order chi connectivity index (χ0) is 49.8. The van der Waals surface area contributed by atoms with Crippen LogP contribution in [0.4, 0.5) is 0 Å². The molecule has 4 heterocycles. The number of aromatic nitrogens is 2. The molecule has 0 unspecified atom stereocenters. The van der Waals surface area contributed by atoms with E-state index in [2.05, 4.69) is 264 Å². The molecular formula is C72H44N2O2. The molecule has 16 aromatic rings. The Morgan fingerprint density at radius 3 is 1.21 bits per heavy atom. The van der Waals surface area contributed by atoms with E-state index in [1.165, 1.54) is 32.6 Å². The number of hydrogen-bond acceptors (Lipinski definition) is 2. The van der Waals surface area contributed by atoms with Gasteiger partial charge in [0.15, 0.2) is 0 Å². The summed E-state index contributed by atoms with van der Waals surface area (Å²) in [6.07, 6.45) is 0. The van der Waals surface area contributed by atoms with Crippen molar-refractivity contribution in [2.24, 2.45) is 0 Å². The highest BCUT2D eigenvalue weighted by molar-refractivity contribution is 6.18. The first-order chi connectivity index (χ1) is 37.7. The summed E-state index contributed by atoms with van der Waals surface area (Å²) < 4.78 is 17.9. The molecular weight excluding hydrogens is 925 g/mol. The molecule has 0 N–H and O–H groups in total. The number of para-hydroxylation sites is 5. The van der Waals surface area contributed by atoms with Gasteiger partial charge in [-0.15, -0.1) is 0 Å². The van der Waals surface area contributed by atoms with Crippen LogP contribution in [0.1, 0.15) is 0 Å². The summed E-state index contributed by atoms with van der Waals surface area (Å²) in [4.78, 5) is 0. The quantitative estimate of drug-likeness (QED) is 0.160. The molecule has 0 fully saturated rings. The highest BCUT2D eigenvalue weighted by Crippen LogP contribution is 2.50. The van der Waals surface area contributed by atoms with Crippen LogP contribution in [-0.2, 0) is 0 Å². The second-order valence-electron chi connectivity index (χ2n) is 19.8. The monoisotopic (exact) mass is 968 g/mol. The van der Waals surface area contributed by atoms with Gasteiger partial charge in [-0.2, -0.15) is 0 Å². The van der Waals surface area contributed by atoms with Gasteiger partial charge >= 0.3 is 0 Å². The van der Waals surface area contributed by atoms with Crippen LogP contribution >= 0.6 is 0 Å². The van der Waals surface area contributed by atoms with Gasteiger partial charge in [-0.05, 0) is 128 Å². The Morgan fingerprint density at radius 1 is 0.224 bits per heavy atom. The van der Waals surface area contributed by atoms with Crippen LogP contribution in [0.25, 0.3) is 154 Å². The molecule has 0 amide bonds. The molecule has 0 saturated carbocycles. The predicted octanol–water partition coefficient (Wildman–Crippen LogP) is 20.0. The van der Waals surface area contributed by atoms with Crippen LogP contribution in [-0.4, -0.2) is 9.13 Å². The summed E-state index contributed by atoms with van der Waals surface area (Å²) in [5, 5.41) is 9.30. The summed E-state index contributed by atoms with van der Waals surface area (Å²) >= 11 is 0. The number of nitrogens with zero attached hydrogens (tertiary/aromatic N) is 2. The Kier molecular flexibility index (Phi) is 9.30. The summed E-state index contributed by atoms with van der Waals surface area (Å²) in [5.74, 6) is 0. The van der Waals surface area contributed by atoms with E-state index in [1.54, 1.807) is 0 Å². The second kappa shape index (κ2) is 16.7. The number of benzene rings is 12. The highest BCUT2D eigenvalue weighted by atomic mass is 16.3. The van der Waals surface area contributed by atoms with Gasteiger partial charge in [0.05, 0.1) is 22.1 Å². The molecule has 0 radical (unpaired) electrons. The Bertz CT molecular complexity index is 4780. The van der Waals surface area contributed by atoms with E-state index in [0.29, 0.717) is 0 Å².